The molecule has 2 bridgehead atoms. The van der Waals surface area contributed by atoms with Crippen LogP contribution in [-0.4, -0.2) is 99.1 Å². The van der Waals surface area contributed by atoms with Gasteiger partial charge in [-0.15, -0.1) is 0 Å². The van der Waals surface area contributed by atoms with E-state index in [0.717, 1.165) is 11.3 Å². The van der Waals surface area contributed by atoms with Gasteiger partial charge in [0.25, 0.3) is 5.92 Å². The lowest BCUT2D eigenvalue weighted by Gasteiger charge is -2.44. The number of fused-ring (bicyclic) bond motifs is 2. The van der Waals surface area contributed by atoms with Gasteiger partial charge in [-0.05, 0) is 76.2 Å². The summed E-state index contributed by atoms with van der Waals surface area (Å²) in [5.74, 6) is -4.53. The fraction of sp³-hybridized carbons (Fsp3) is 0.658. The number of amides is 1. The largest absolute Gasteiger partial charge is 0.457 e. The molecule has 8 atom stereocenters. The lowest BCUT2D eigenvalue weighted by atomic mass is 9.88. The number of alkyl halides is 2. The maximum absolute atomic E-state index is 14.5. The molecule has 2 N–H and O–H groups in total. The number of hydrogen-bond donors (Lipinski definition) is 2. The Kier molecular flexibility index (Phi) is 12.0. The van der Waals surface area contributed by atoms with Crippen molar-refractivity contribution in [2.75, 3.05) is 26.2 Å². The predicted octanol–water partition coefficient (Wildman–Crippen LogP) is 6.03. The van der Waals surface area contributed by atoms with Gasteiger partial charge in [0, 0.05) is 67.8 Å². The van der Waals surface area contributed by atoms with Gasteiger partial charge in [0.2, 0.25) is 0 Å². The number of halogens is 2. The van der Waals surface area contributed by atoms with Gasteiger partial charge in [0.1, 0.15) is 11.7 Å². The second-order valence-electron chi connectivity index (χ2n) is 14.9. The standard InChI is InChI=1S/C38H53F2N3O6/c1-25(32-10-5-6-19-41-32)8-7-9-26(2)35-27(3)11-14-33(37(4,47)18-15-31(44)22-34(45)49-35)48-36(46)42-20-16-30(17-21-42)43-23-28-12-13-29(24-43)38(28,39)40/h5-11,14,19,25,27-31,33,35,44,47H,12-13,15-18,20-24H2,1-4H3/b8-7+,14-11-,26-9+/t25-,27+,28?,29?,31-,33+,35-,37-/m1/s1. The number of carbonyl (C=O) groups excluding carboxylic acids is 2. The average Bonchev–Trinajstić information content (AvgIpc) is 3.21. The molecule has 4 aliphatic rings. The SMILES string of the molecule is C/C(=C\C=C\[C@@H](C)c1ccccn1)[C@H]1OC(=O)C[C@H](O)CC[C@@](C)(O)[C@@H](OC(=O)N2CCC(N3CC4CCC(C3)C4(F)F)CC2)/C=C\[C@@H]1C. The van der Waals surface area contributed by atoms with Crippen LogP contribution in [0, 0.1) is 17.8 Å². The lowest BCUT2D eigenvalue weighted by Crippen LogP contribution is -2.55. The molecule has 3 aliphatic heterocycles. The molecule has 49 heavy (non-hydrogen) atoms. The fourth-order valence-electron chi connectivity index (χ4n) is 7.75. The Morgan fingerprint density at radius 1 is 1.12 bits per heavy atom. The number of hydrogen-bond acceptors (Lipinski definition) is 8. The summed E-state index contributed by atoms with van der Waals surface area (Å²) >= 11 is 0. The summed E-state index contributed by atoms with van der Waals surface area (Å²) in [6.07, 6.45) is 10.2. The zero-order valence-corrected chi connectivity index (χ0v) is 29.2. The van der Waals surface area contributed by atoms with Crippen LogP contribution >= 0.6 is 0 Å². The molecule has 0 radical (unpaired) electrons. The molecule has 0 spiro atoms. The number of piperidine rings is 2. The monoisotopic (exact) mass is 685 g/mol. The third kappa shape index (κ3) is 9.15. The van der Waals surface area contributed by atoms with Crippen LogP contribution in [0.1, 0.15) is 84.3 Å². The topological polar surface area (TPSA) is 112 Å². The Labute approximate surface area is 289 Å². The van der Waals surface area contributed by atoms with Crippen molar-refractivity contribution >= 4 is 12.1 Å². The number of allylic oxidation sites excluding steroid dienone is 3. The van der Waals surface area contributed by atoms with Crippen molar-refractivity contribution in [3.8, 4) is 0 Å². The Morgan fingerprint density at radius 3 is 2.47 bits per heavy atom. The number of aliphatic hydroxyl groups excluding tert-OH is 1. The maximum atomic E-state index is 14.5. The van der Waals surface area contributed by atoms with Gasteiger partial charge in [0.15, 0.2) is 6.10 Å². The van der Waals surface area contributed by atoms with E-state index in [0.29, 0.717) is 51.9 Å². The van der Waals surface area contributed by atoms with Crippen LogP contribution in [0.3, 0.4) is 0 Å². The van der Waals surface area contributed by atoms with Gasteiger partial charge in [-0.2, -0.15) is 0 Å². The molecule has 1 aromatic heterocycles. The molecule has 1 aliphatic carbocycles. The van der Waals surface area contributed by atoms with Crippen LogP contribution in [0.4, 0.5) is 13.6 Å². The average molecular weight is 686 g/mol. The third-order valence-electron chi connectivity index (χ3n) is 11.0. The van der Waals surface area contributed by atoms with E-state index in [9.17, 15) is 28.6 Å². The highest BCUT2D eigenvalue weighted by Gasteiger charge is 2.56. The number of pyridine rings is 1. The maximum Gasteiger partial charge on any atom is 0.410 e. The number of cyclic esters (lactones) is 1. The highest BCUT2D eigenvalue weighted by molar-refractivity contribution is 5.70. The number of likely N-dealkylation sites (tertiary alicyclic amines) is 2. The van der Waals surface area contributed by atoms with Crippen molar-refractivity contribution in [3.05, 3.63) is 66.0 Å². The summed E-state index contributed by atoms with van der Waals surface area (Å²) in [6.45, 7) is 9.06. The molecule has 0 aromatic carbocycles. The number of nitrogens with zero attached hydrogens (tertiary/aromatic N) is 3. The Balaban J connectivity index is 1.24. The molecular weight excluding hydrogens is 632 g/mol. The van der Waals surface area contributed by atoms with Crippen molar-refractivity contribution in [3.63, 3.8) is 0 Å². The van der Waals surface area contributed by atoms with E-state index in [1.54, 1.807) is 30.2 Å². The first-order valence-electron chi connectivity index (χ1n) is 17.9. The van der Waals surface area contributed by atoms with Crippen molar-refractivity contribution in [2.45, 2.75) is 114 Å². The van der Waals surface area contributed by atoms with Gasteiger partial charge in [-0.25, -0.2) is 13.6 Å². The summed E-state index contributed by atoms with van der Waals surface area (Å²) in [5, 5.41) is 22.2. The number of aliphatic hydroxyl groups is 2. The second-order valence-corrected chi connectivity index (χ2v) is 14.9. The summed E-state index contributed by atoms with van der Waals surface area (Å²) in [4.78, 5) is 34.5. The Hall–Kier alpha value is -3.15. The van der Waals surface area contributed by atoms with Crippen LogP contribution in [0.15, 0.2) is 60.3 Å². The molecule has 1 aromatic rings. The van der Waals surface area contributed by atoms with Crippen molar-refractivity contribution in [1.29, 1.82) is 0 Å². The normalized spacial score (nSPS) is 34.9. The van der Waals surface area contributed by atoms with E-state index >= 15 is 0 Å². The van der Waals surface area contributed by atoms with Crippen LogP contribution < -0.4 is 0 Å². The van der Waals surface area contributed by atoms with E-state index in [4.69, 9.17) is 9.47 Å². The van der Waals surface area contributed by atoms with E-state index in [2.05, 4.69) is 9.88 Å². The Morgan fingerprint density at radius 2 is 1.82 bits per heavy atom. The molecule has 3 fully saturated rings. The van der Waals surface area contributed by atoms with E-state index in [1.165, 1.54) is 0 Å². The van der Waals surface area contributed by atoms with Crippen LogP contribution in [-0.2, 0) is 14.3 Å². The highest BCUT2D eigenvalue weighted by Crippen LogP contribution is 2.49. The minimum atomic E-state index is -2.57. The zero-order valence-electron chi connectivity index (χ0n) is 29.2. The number of rotatable bonds is 6. The van der Waals surface area contributed by atoms with Crippen LogP contribution in [0.2, 0.25) is 0 Å². The quantitative estimate of drug-likeness (QED) is 0.212. The van der Waals surface area contributed by atoms with Gasteiger partial charge < -0.3 is 24.6 Å². The molecule has 2 saturated heterocycles. The summed E-state index contributed by atoms with van der Waals surface area (Å²) < 4.78 is 40.8. The summed E-state index contributed by atoms with van der Waals surface area (Å²) in [7, 11) is 0. The molecule has 4 heterocycles. The molecule has 5 rings (SSSR count). The first kappa shape index (κ1) is 37.1. The van der Waals surface area contributed by atoms with Gasteiger partial charge in [-0.3, -0.25) is 14.7 Å². The Bertz CT molecular complexity index is 1360. The second kappa shape index (κ2) is 15.8. The first-order valence-corrected chi connectivity index (χ1v) is 17.9. The van der Waals surface area contributed by atoms with Gasteiger partial charge in [-0.1, -0.05) is 44.2 Å². The number of esters is 1. The molecular formula is C38H53F2N3O6. The lowest BCUT2D eigenvalue weighted by molar-refractivity contribution is -0.151. The molecule has 2 unspecified atom stereocenters. The zero-order chi connectivity index (χ0) is 35.3. The predicted molar refractivity (Wildman–Crippen MR) is 182 cm³/mol. The van der Waals surface area contributed by atoms with Gasteiger partial charge >= 0.3 is 12.1 Å². The number of carbonyl (C=O) groups is 2. The minimum absolute atomic E-state index is 0.0768. The van der Waals surface area contributed by atoms with E-state index < -0.39 is 53.7 Å². The summed E-state index contributed by atoms with van der Waals surface area (Å²) in [6, 6.07) is 5.92. The summed E-state index contributed by atoms with van der Waals surface area (Å²) in [5.41, 5.74) is 0.206. The molecule has 9 nitrogen and oxygen atoms in total. The first-order chi connectivity index (χ1) is 23.2. The molecule has 1 amide bonds. The van der Waals surface area contributed by atoms with Crippen LogP contribution in [0.5, 0.6) is 0 Å². The number of aromatic nitrogens is 1. The molecule has 11 heteroatoms. The highest BCUT2D eigenvalue weighted by atomic mass is 19.3. The van der Waals surface area contributed by atoms with Gasteiger partial charge in [0.05, 0.1) is 12.5 Å². The van der Waals surface area contributed by atoms with Crippen LogP contribution in [0.25, 0.3) is 0 Å². The fourth-order valence-corrected chi connectivity index (χ4v) is 7.75. The van der Waals surface area contributed by atoms with Crippen molar-refractivity contribution in [1.82, 2.24) is 14.8 Å². The molecule has 1 saturated carbocycles. The van der Waals surface area contributed by atoms with Crippen molar-refractivity contribution in [2.24, 2.45) is 17.8 Å². The molecule has 270 valence electrons. The van der Waals surface area contributed by atoms with Crippen molar-refractivity contribution < 1.29 is 38.1 Å². The van der Waals surface area contributed by atoms with E-state index in [-0.39, 0.29) is 37.1 Å². The van der Waals surface area contributed by atoms with E-state index in [1.807, 2.05) is 57.2 Å². The third-order valence-corrected chi connectivity index (χ3v) is 11.0. The minimum Gasteiger partial charge on any atom is -0.457 e. The smallest absolute Gasteiger partial charge is 0.410 e. The number of ether oxygens (including phenoxy) is 2.